The second kappa shape index (κ2) is 7.86. The molecule has 0 amide bonds. The van der Waals surface area contributed by atoms with Gasteiger partial charge in [0.2, 0.25) is 0 Å². The summed E-state index contributed by atoms with van der Waals surface area (Å²) in [5.74, 6) is -0.386. The van der Waals surface area contributed by atoms with E-state index in [-0.39, 0.29) is 6.42 Å². The molecular formula is C21H26N4O2. The van der Waals surface area contributed by atoms with Crippen molar-refractivity contribution in [3.8, 4) is 11.1 Å². The lowest BCUT2D eigenvalue weighted by Gasteiger charge is -2.17. The molecule has 0 saturated carbocycles. The van der Waals surface area contributed by atoms with Gasteiger partial charge >= 0.3 is 5.97 Å². The molecule has 0 fully saturated rings. The number of pyridine rings is 2. The number of aromatic nitrogens is 4. The van der Waals surface area contributed by atoms with Gasteiger partial charge in [-0.15, -0.1) is 0 Å². The van der Waals surface area contributed by atoms with Crippen LogP contribution >= 0.6 is 0 Å². The van der Waals surface area contributed by atoms with Crippen LogP contribution in [0.15, 0.2) is 24.7 Å². The summed E-state index contributed by atoms with van der Waals surface area (Å²) in [6, 6.07) is 2.09. The molecule has 3 aromatic rings. The second-order valence-electron chi connectivity index (χ2n) is 7.35. The Kier molecular flexibility index (Phi) is 5.54. The minimum absolute atomic E-state index is 0.0758. The van der Waals surface area contributed by atoms with Crippen LogP contribution in [0.2, 0.25) is 0 Å². The van der Waals surface area contributed by atoms with E-state index < -0.39 is 5.97 Å². The van der Waals surface area contributed by atoms with Gasteiger partial charge in [0.15, 0.2) is 5.65 Å². The monoisotopic (exact) mass is 366 g/mol. The third kappa shape index (κ3) is 3.99. The van der Waals surface area contributed by atoms with Gasteiger partial charge in [-0.05, 0) is 49.8 Å². The predicted octanol–water partition coefficient (Wildman–Crippen LogP) is 4.04. The Hall–Kier alpha value is -2.76. The molecule has 0 saturated heterocycles. The maximum absolute atomic E-state index is 11.3. The van der Waals surface area contributed by atoms with Crippen molar-refractivity contribution in [1.82, 2.24) is 19.7 Å². The Bertz CT molecular complexity index is 976. The maximum Gasteiger partial charge on any atom is 0.303 e. The third-order valence-corrected chi connectivity index (χ3v) is 4.63. The quantitative estimate of drug-likeness (QED) is 0.682. The molecule has 3 aromatic heterocycles. The van der Waals surface area contributed by atoms with Crippen molar-refractivity contribution < 1.29 is 9.90 Å². The first kappa shape index (κ1) is 19.0. The van der Waals surface area contributed by atoms with Crippen molar-refractivity contribution in [2.45, 2.75) is 53.5 Å². The summed E-state index contributed by atoms with van der Waals surface area (Å²) >= 11 is 0. The van der Waals surface area contributed by atoms with E-state index in [4.69, 9.17) is 4.98 Å². The molecule has 0 spiro atoms. The zero-order chi connectivity index (χ0) is 19.6. The summed E-state index contributed by atoms with van der Waals surface area (Å²) < 4.78 is 1.90. The molecule has 6 nitrogen and oxygen atoms in total. The maximum atomic E-state index is 11.3. The van der Waals surface area contributed by atoms with Crippen LogP contribution in [0, 0.1) is 12.8 Å². The largest absolute Gasteiger partial charge is 0.481 e. The van der Waals surface area contributed by atoms with E-state index in [9.17, 15) is 9.90 Å². The van der Waals surface area contributed by atoms with Crippen molar-refractivity contribution in [3.63, 3.8) is 0 Å². The number of carboxylic acid groups (broad SMARTS) is 1. The zero-order valence-corrected chi connectivity index (χ0v) is 16.4. The number of carboxylic acids is 1. The minimum Gasteiger partial charge on any atom is -0.481 e. The summed E-state index contributed by atoms with van der Waals surface area (Å²) in [5, 5.41) is 14.7. The van der Waals surface area contributed by atoms with E-state index in [0.717, 1.165) is 51.9 Å². The molecule has 1 N–H and O–H groups in total. The van der Waals surface area contributed by atoms with Crippen LogP contribution in [0.3, 0.4) is 0 Å². The Morgan fingerprint density at radius 1 is 1.26 bits per heavy atom. The lowest BCUT2D eigenvalue weighted by molar-refractivity contribution is -0.136. The molecule has 0 radical (unpaired) electrons. The van der Waals surface area contributed by atoms with E-state index >= 15 is 0 Å². The fraction of sp³-hybridized carbons (Fsp3) is 0.429. The number of nitrogens with zero attached hydrogens (tertiary/aromatic N) is 4. The van der Waals surface area contributed by atoms with Crippen LogP contribution in [-0.4, -0.2) is 30.8 Å². The first-order valence-electron chi connectivity index (χ1n) is 9.41. The van der Waals surface area contributed by atoms with Crippen LogP contribution in [0.25, 0.3) is 22.2 Å². The second-order valence-corrected chi connectivity index (χ2v) is 7.35. The highest BCUT2D eigenvalue weighted by molar-refractivity contribution is 5.95. The Balaban J connectivity index is 2.33. The van der Waals surface area contributed by atoms with Crippen molar-refractivity contribution in [2.75, 3.05) is 0 Å². The topological polar surface area (TPSA) is 80.9 Å². The molecule has 0 atom stereocenters. The average Bonchev–Trinajstić information content (AvgIpc) is 3.01. The predicted molar refractivity (Wildman–Crippen MR) is 106 cm³/mol. The highest BCUT2D eigenvalue weighted by atomic mass is 16.4. The van der Waals surface area contributed by atoms with Gasteiger partial charge in [0.25, 0.3) is 0 Å². The van der Waals surface area contributed by atoms with Gasteiger partial charge in [-0.3, -0.25) is 9.78 Å². The summed E-state index contributed by atoms with van der Waals surface area (Å²) in [6.45, 7) is 9.09. The van der Waals surface area contributed by atoms with Crippen LogP contribution in [0.5, 0.6) is 0 Å². The molecule has 0 bridgehead atoms. The van der Waals surface area contributed by atoms with E-state index in [1.807, 2.05) is 37.1 Å². The van der Waals surface area contributed by atoms with Gasteiger partial charge in [0, 0.05) is 47.6 Å². The molecule has 0 aromatic carbocycles. The van der Waals surface area contributed by atoms with E-state index in [2.05, 4.69) is 30.0 Å². The summed E-state index contributed by atoms with van der Waals surface area (Å²) in [5.41, 5.74) is 5.89. The Morgan fingerprint density at radius 2 is 2.04 bits per heavy atom. The lowest BCUT2D eigenvalue weighted by atomic mass is 9.91. The van der Waals surface area contributed by atoms with Gasteiger partial charge in [-0.2, -0.15) is 5.10 Å². The Labute approximate surface area is 159 Å². The van der Waals surface area contributed by atoms with E-state index in [1.54, 1.807) is 0 Å². The number of aryl methyl sites for hydroxylation is 2. The highest BCUT2D eigenvalue weighted by Crippen LogP contribution is 2.35. The van der Waals surface area contributed by atoms with Crippen LogP contribution < -0.4 is 0 Å². The van der Waals surface area contributed by atoms with Gasteiger partial charge in [0.05, 0.1) is 6.20 Å². The minimum atomic E-state index is -0.803. The average molecular weight is 366 g/mol. The van der Waals surface area contributed by atoms with Crippen molar-refractivity contribution in [2.24, 2.45) is 5.92 Å². The lowest BCUT2D eigenvalue weighted by Crippen LogP contribution is -2.09. The third-order valence-electron chi connectivity index (χ3n) is 4.63. The molecule has 27 heavy (non-hydrogen) atoms. The normalized spacial score (nSPS) is 11.4. The number of fused-ring (bicyclic) bond motifs is 1. The van der Waals surface area contributed by atoms with Crippen LogP contribution in [0.1, 0.15) is 44.0 Å². The van der Waals surface area contributed by atoms with Crippen molar-refractivity contribution >= 4 is 17.0 Å². The van der Waals surface area contributed by atoms with E-state index in [1.165, 1.54) is 0 Å². The van der Waals surface area contributed by atoms with E-state index in [0.29, 0.717) is 12.3 Å². The molecular weight excluding hydrogens is 340 g/mol. The number of hydrogen-bond donors (Lipinski definition) is 1. The molecule has 0 unspecified atom stereocenters. The van der Waals surface area contributed by atoms with Crippen molar-refractivity contribution in [1.29, 1.82) is 0 Å². The number of hydrogen-bond acceptors (Lipinski definition) is 4. The molecule has 6 heteroatoms. The fourth-order valence-corrected chi connectivity index (χ4v) is 3.48. The van der Waals surface area contributed by atoms with Crippen molar-refractivity contribution in [3.05, 3.63) is 41.5 Å². The number of aliphatic carboxylic acids is 1. The molecule has 0 aliphatic rings. The molecule has 3 rings (SSSR count). The number of carbonyl (C=O) groups is 1. The van der Waals surface area contributed by atoms with Gasteiger partial charge in [-0.25, -0.2) is 9.67 Å². The first-order valence-corrected chi connectivity index (χ1v) is 9.41. The highest BCUT2D eigenvalue weighted by Gasteiger charge is 2.21. The van der Waals surface area contributed by atoms with Crippen LogP contribution in [-0.2, 0) is 24.2 Å². The number of rotatable bonds is 7. The summed E-state index contributed by atoms with van der Waals surface area (Å²) in [6.07, 6.45) is 6.82. The molecule has 3 heterocycles. The standard InChI is InChI=1S/C21H26N4O2/c1-5-25-21-17(12-23-25)20(15-9-14(4)10-22-11-15)16(6-7-19(26)27)18(24-21)8-13(2)3/h9-13H,5-8H2,1-4H3,(H,26,27). The van der Waals surface area contributed by atoms with Gasteiger partial charge in [0.1, 0.15) is 0 Å². The SMILES string of the molecule is CCn1ncc2c(-c3cncc(C)c3)c(CCC(=O)O)c(CC(C)C)nc21. The smallest absolute Gasteiger partial charge is 0.303 e. The molecule has 0 aliphatic carbocycles. The van der Waals surface area contributed by atoms with Gasteiger partial charge in [-0.1, -0.05) is 13.8 Å². The van der Waals surface area contributed by atoms with Gasteiger partial charge < -0.3 is 5.11 Å². The fourth-order valence-electron chi connectivity index (χ4n) is 3.48. The summed E-state index contributed by atoms with van der Waals surface area (Å²) in [4.78, 5) is 20.6. The summed E-state index contributed by atoms with van der Waals surface area (Å²) in [7, 11) is 0. The molecule has 142 valence electrons. The Morgan fingerprint density at radius 3 is 2.67 bits per heavy atom. The molecule has 0 aliphatic heterocycles. The van der Waals surface area contributed by atoms with Crippen LogP contribution in [0.4, 0.5) is 0 Å². The zero-order valence-electron chi connectivity index (χ0n) is 16.4. The first-order chi connectivity index (χ1) is 12.9.